The topological polar surface area (TPSA) is 95.2 Å². The summed E-state index contributed by atoms with van der Waals surface area (Å²) < 4.78 is 29.0. The second kappa shape index (κ2) is 83.9. The van der Waals surface area contributed by atoms with Crippen LogP contribution in [0.3, 0.4) is 0 Å². The van der Waals surface area contributed by atoms with Gasteiger partial charge in [-0.2, -0.15) is 21.0 Å². The van der Waals surface area contributed by atoms with E-state index in [-0.39, 0.29) is 73.4 Å². The van der Waals surface area contributed by atoms with E-state index in [2.05, 4.69) is 41.5 Å². The Morgan fingerprint density at radius 3 is 0.795 bits per heavy atom. The Morgan fingerprint density at radius 2 is 0.750 bits per heavy atom. The van der Waals surface area contributed by atoms with Gasteiger partial charge in [-0.3, -0.25) is 12.9 Å². The predicted octanol–water partition coefficient (Wildman–Crippen LogP) is 9.85. The first-order chi connectivity index (χ1) is 17.4. The minimum Gasteiger partial charge on any atom is -1.00 e. The second-order valence-corrected chi connectivity index (χ2v) is 9.28. The molecule has 0 aromatic carbocycles. The van der Waals surface area contributed by atoms with E-state index < -0.39 is 7.54 Å². The summed E-state index contributed by atoms with van der Waals surface area (Å²) in [5.41, 5.74) is 0. The Balaban J connectivity index is -0.0000000228. The van der Waals surface area contributed by atoms with E-state index in [1.807, 2.05) is 0 Å². The molecule has 2 saturated carbocycles. The number of hydrogen-bond donors (Lipinski definition) is 0. The molecule has 4 nitrogen and oxygen atoms in total. The van der Waals surface area contributed by atoms with Crippen LogP contribution in [-0.4, -0.2) is 7.54 Å². The Labute approximate surface area is 301 Å². The van der Waals surface area contributed by atoms with Crippen molar-refractivity contribution in [2.75, 3.05) is 0 Å². The van der Waals surface area contributed by atoms with Gasteiger partial charge in [-0.15, -0.1) is 0 Å². The van der Waals surface area contributed by atoms with Crippen LogP contribution in [-0.2, 0) is 39.0 Å². The number of nitrogens with zero attached hydrogens (tertiary/aromatic N) is 4. The molecule has 0 spiro atoms. The van der Waals surface area contributed by atoms with Gasteiger partial charge < -0.3 is 27.0 Å². The number of hydrogen-bond acceptors (Lipinski definition) is 4. The van der Waals surface area contributed by atoms with Gasteiger partial charge in [0.2, 0.25) is 0 Å². The fourth-order valence-electron chi connectivity index (χ4n) is 3.78. The summed E-state index contributed by atoms with van der Waals surface area (Å²) in [6.07, 6.45) is 16.2. The molecule has 0 aromatic rings. The first-order valence-corrected chi connectivity index (χ1v) is 13.5. The molecule has 11 heteroatoms. The van der Waals surface area contributed by atoms with E-state index in [9.17, 15) is 12.9 Å². The van der Waals surface area contributed by atoms with Crippen molar-refractivity contribution in [2.24, 2.45) is 23.7 Å². The minimum absolute atomic E-state index is 0. The van der Waals surface area contributed by atoms with Crippen molar-refractivity contribution in [3.8, 4) is 24.3 Å². The first-order valence-electron chi connectivity index (χ1n) is 13.5. The average molecular weight is 811 g/mol. The van der Waals surface area contributed by atoms with Crippen LogP contribution in [0.5, 0.6) is 0 Å². The van der Waals surface area contributed by atoms with Crippen LogP contribution in [0.2, 0.25) is 0 Å². The van der Waals surface area contributed by atoms with Gasteiger partial charge in [0.1, 0.15) is 0 Å². The van der Waals surface area contributed by atoms with E-state index in [1.165, 1.54) is 98.3 Å². The first kappa shape index (κ1) is 84.3. The minimum atomic E-state index is -3.67. The predicted molar refractivity (Wildman–Crippen MR) is 179 cm³/mol. The van der Waals surface area contributed by atoms with E-state index in [4.69, 9.17) is 21.0 Å². The molecule has 0 N–H and O–H groups in total. The fourth-order valence-corrected chi connectivity index (χ4v) is 3.78. The average Bonchev–Trinajstić information content (AvgIpc) is 3.50. The van der Waals surface area contributed by atoms with Gasteiger partial charge in [-0.25, -0.2) is 0 Å². The van der Waals surface area contributed by atoms with Crippen LogP contribution in [0.25, 0.3) is 0 Å². The van der Waals surface area contributed by atoms with Crippen LogP contribution in [0.4, 0.5) is 12.9 Å². The maximum Gasteiger partial charge on any atom is 2.00 e. The van der Waals surface area contributed by atoms with E-state index >= 15 is 0 Å². The van der Waals surface area contributed by atoms with Gasteiger partial charge >= 0.3 is 46.5 Å². The summed E-state index contributed by atoms with van der Waals surface area (Å²) in [5, 5.41) is 29.3. The number of nitriles is 4. The molecule has 0 bridgehead atoms. The van der Waals surface area contributed by atoms with Crippen molar-refractivity contribution >= 4 is 7.54 Å². The smallest absolute Gasteiger partial charge is 1.00 e. The SMILES string of the molecule is C.CC#N.CC#N.CC#N.CC#N.CC(C)CC(C)C.CCC1CCCC1.CCC1CCCC1.FB(F)F.[CH3-].[CH3-].[CH3-].[F-].[Ru+2].[Ru+]. The monoisotopic (exact) mass is 812 g/mol. The van der Waals surface area contributed by atoms with Gasteiger partial charge in [0, 0.05) is 27.7 Å². The maximum atomic E-state index is 9.67. The molecule has 0 aliphatic heterocycles. The van der Waals surface area contributed by atoms with Crippen molar-refractivity contribution < 1.29 is 56.6 Å². The summed E-state index contributed by atoms with van der Waals surface area (Å²) >= 11 is 0. The molecule has 0 atom stereocenters. The van der Waals surface area contributed by atoms with Crippen LogP contribution < -0.4 is 4.70 Å². The Kier molecular flexibility index (Phi) is 161. The third-order valence-corrected chi connectivity index (χ3v) is 5.05. The van der Waals surface area contributed by atoms with Crippen molar-refractivity contribution in [1.82, 2.24) is 0 Å². The van der Waals surface area contributed by atoms with Crippen LogP contribution in [0.1, 0.15) is 147 Å². The van der Waals surface area contributed by atoms with E-state index in [1.54, 1.807) is 24.3 Å². The third kappa shape index (κ3) is 149. The standard InChI is InChI=1S/2C7H14.C7H16.4C2H3N.CH4.3CH3.BF3.FH.2Ru/c2*1-2-7-5-3-4-6-7;1-6(2)5-7(3)4;4*1-2-3;;;;;2-1(3)4;;;/h2*7H,2-6H2,1H3;6-7H,5H2,1-4H3;4*1H3;1H4;3*1H3;;1H;;/q;;;;;;;;3*-1;;;+1;+2/p-1. The van der Waals surface area contributed by atoms with Gasteiger partial charge in [-0.05, 0) is 30.1 Å². The summed E-state index contributed by atoms with van der Waals surface area (Å²) in [7, 11) is -3.67. The molecule has 0 aromatic heterocycles. The molecule has 0 saturated heterocycles. The zero-order chi connectivity index (χ0) is 30.5. The molecular formula is C33H69BF4N4Ru2-. The molecule has 44 heavy (non-hydrogen) atoms. The molecule has 1 radical (unpaired) electrons. The summed E-state index contributed by atoms with van der Waals surface area (Å²) in [4.78, 5) is 0. The summed E-state index contributed by atoms with van der Waals surface area (Å²) in [5.74, 6) is 3.94. The molecule has 0 amide bonds. The van der Waals surface area contributed by atoms with Crippen molar-refractivity contribution in [2.45, 2.75) is 147 Å². The second-order valence-electron chi connectivity index (χ2n) is 9.28. The molecule has 269 valence electrons. The van der Waals surface area contributed by atoms with Crippen molar-refractivity contribution in [3.05, 3.63) is 22.3 Å². The van der Waals surface area contributed by atoms with Gasteiger partial charge in [-0.1, -0.05) is 113 Å². The number of halogens is 4. The molecular weight excluding hydrogens is 741 g/mol. The molecule has 0 unspecified atom stereocenters. The van der Waals surface area contributed by atoms with E-state index in [0.717, 1.165) is 23.7 Å². The Hall–Kier alpha value is -1.01. The van der Waals surface area contributed by atoms with Crippen LogP contribution >= 0.6 is 0 Å². The van der Waals surface area contributed by atoms with Crippen LogP contribution in [0, 0.1) is 91.3 Å². The molecule has 2 aliphatic carbocycles. The van der Waals surface area contributed by atoms with Crippen molar-refractivity contribution in [1.29, 1.82) is 21.0 Å². The molecule has 2 rings (SSSR count). The molecule has 2 aliphatic rings. The fraction of sp³-hybridized carbons (Fsp3) is 0.788. The maximum absolute atomic E-state index is 9.67. The Morgan fingerprint density at radius 1 is 0.614 bits per heavy atom. The molecule has 0 heterocycles. The normalized spacial score (nSPS) is 10.6. The summed E-state index contributed by atoms with van der Waals surface area (Å²) in [6.45, 7) is 19.4. The van der Waals surface area contributed by atoms with Gasteiger partial charge in [0.15, 0.2) is 0 Å². The van der Waals surface area contributed by atoms with E-state index in [0.29, 0.717) is 0 Å². The number of rotatable bonds is 4. The van der Waals surface area contributed by atoms with Gasteiger partial charge in [0.05, 0.1) is 24.3 Å². The van der Waals surface area contributed by atoms with Gasteiger partial charge in [0.25, 0.3) is 0 Å². The zero-order valence-electron chi connectivity index (χ0n) is 29.7. The Bertz CT molecular complexity index is 491. The van der Waals surface area contributed by atoms with Crippen LogP contribution in [0.15, 0.2) is 0 Å². The zero-order valence-corrected chi connectivity index (χ0v) is 33.1. The summed E-state index contributed by atoms with van der Waals surface area (Å²) in [6, 6.07) is 7.00. The van der Waals surface area contributed by atoms with Crippen molar-refractivity contribution in [3.63, 3.8) is 0 Å². The molecule has 2 fully saturated rings. The quantitative estimate of drug-likeness (QED) is 0.161. The third-order valence-electron chi connectivity index (χ3n) is 5.05. The largest absolute Gasteiger partial charge is 2.00 e.